The van der Waals surface area contributed by atoms with E-state index in [0.29, 0.717) is 11.6 Å². The van der Waals surface area contributed by atoms with Crippen LogP contribution in [0.15, 0.2) is 29.2 Å². The summed E-state index contributed by atoms with van der Waals surface area (Å²) in [5, 5.41) is 0. The van der Waals surface area contributed by atoms with Crippen LogP contribution in [-0.2, 0) is 9.53 Å². The SMILES string of the molecule is CC(=O)O[C@H](CCl)CSc1ccc(C)cc1. The fraction of sp³-hybridized carbons (Fsp3) is 0.417. The molecule has 0 heterocycles. The number of carbonyl (C=O) groups is 1. The van der Waals surface area contributed by atoms with Gasteiger partial charge >= 0.3 is 5.97 Å². The topological polar surface area (TPSA) is 26.3 Å². The molecule has 1 rings (SSSR count). The van der Waals surface area contributed by atoms with E-state index in [1.54, 1.807) is 11.8 Å². The number of hydrogen-bond donors (Lipinski definition) is 0. The first-order chi connectivity index (χ1) is 7.61. The molecule has 1 aromatic rings. The van der Waals surface area contributed by atoms with Gasteiger partial charge in [-0.15, -0.1) is 23.4 Å². The van der Waals surface area contributed by atoms with E-state index < -0.39 is 0 Å². The van der Waals surface area contributed by atoms with Crippen LogP contribution < -0.4 is 0 Å². The van der Waals surface area contributed by atoms with E-state index in [1.165, 1.54) is 12.5 Å². The summed E-state index contributed by atoms with van der Waals surface area (Å²) in [6.07, 6.45) is -0.217. The molecular formula is C12H15ClO2S. The zero-order valence-electron chi connectivity index (χ0n) is 9.40. The van der Waals surface area contributed by atoms with Crippen molar-refractivity contribution >= 4 is 29.3 Å². The third-order valence-corrected chi connectivity index (χ3v) is 3.45. The minimum absolute atomic E-state index is 0.217. The maximum absolute atomic E-state index is 10.8. The molecule has 0 radical (unpaired) electrons. The molecule has 88 valence electrons. The summed E-state index contributed by atoms with van der Waals surface area (Å²) in [6.45, 7) is 3.45. The average Bonchev–Trinajstić information content (AvgIpc) is 2.26. The molecule has 0 saturated heterocycles. The largest absolute Gasteiger partial charge is 0.460 e. The van der Waals surface area contributed by atoms with Crippen molar-refractivity contribution in [2.45, 2.75) is 24.8 Å². The van der Waals surface area contributed by atoms with Gasteiger partial charge in [-0.3, -0.25) is 4.79 Å². The summed E-state index contributed by atoms with van der Waals surface area (Å²) in [5.74, 6) is 0.736. The van der Waals surface area contributed by atoms with Crippen LogP contribution >= 0.6 is 23.4 Å². The first-order valence-corrected chi connectivity index (χ1v) is 6.56. The van der Waals surface area contributed by atoms with E-state index in [2.05, 4.69) is 31.2 Å². The number of rotatable bonds is 5. The van der Waals surface area contributed by atoms with E-state index in [-0.39, 0.29) is 12.1 Å². The van der Waals surface area contributed by atoms with Gasteiger partial charge in [-0.1, -0.05) is 17.7 Å². The van der Waals surface area contributed by atoms with Crippen molar-refractivity contribution in [2.24, 2.45) is 0 Å². The summed E-state index contributed by atoms with van der Waals surface area (Å²) in [5.41, 5.74) is 1.23. The number of hydrogen-bond acceptors (Lipinski definition) is 3. The molecule has 0 N–H and O–H groups in total. The minimum Gasteiger partial charge on any atom is -0.460 e. The molecule has 2 nitrogen and oxygen atoms in total. The molecule has 0 aliphatic carbocycles. The minimum atomic E-state index is -0.282. The monoisotopic (exact) mass is 258 g/mol. The zero-order valence-corrected chi connectivity index (χ0v) is 11.0. The summed E-state index contributed by atoms with van der Waals surface area (Å²) in [7, 11) is 0. The van der Waals surface area contributed by atoms with Gasteiger partial charge < -0.3 is 4.74 Å². The number of thioether (sulfide) groups is 1. The maximum Gasteiger partial charge on any atom is 0.302 e. The highest BCUT2D eigenvalue weighted by Crippen LogP contribution is 2.20. The average molecular weight is 259 g/mol. The van der Waals surface area contributed by atoms with E-state index >= 15 is 0 Å². The number of carbonyl (C=O) groups excluding carboxylic acids is 1. The van der Waals surface area contributed by atoms with Gasteiger partial charge in [0.1, 0.15) is 6.10 Å². The first kappa shape index (κ1) is 13.4. The predicted molar refractivity (Wildman–Crippen MR) is 68.2 cm³/mol. The quantitative estimate of drug-likeness (QED) is 0.461. The van der Waals surface area contributed by atoms with Crippen LogP contribution in [0.2, 0.25) is 0 Å². The molecule has 0 spiro atoms. The third-order valence-electron chi connectivity index (χ3n) is 1.96. The van der Waals surface area contributed by atoms with Crippen LogP contribution in [0.5, 0.6) is 0 Å². The zero-order chi connectivity index (χ0) is 12.0. The smallest absolute Gasteiger partial charge is 0.302 e. The fourth-order valence-corrected chi connectivity index (χ4v) is 2.36. The number of alkyl halides is 1. The van der Waals surface area contributed by atoms with Gasteiger partial charge in [0.25, 0.3) is 0 Å². The normalized spacial score (nSPS) is 12.2. The second-order valence-electron chi connectivity index (χ2n) is 3.51. The van der Waals surface area contributed by atoms with Gasteiger partial charge in [-0.2, -0.15) is 0 Å². The Labute approximate surface area is 105 Å². The lowest BCUT2D eigenvalue weighted by molar-refractivity contribution is -0.144. The number of halogens is 1. The van der Waals surface area contributed by atoms with Crippen LogP contribution in [-0.4, -0.2) is 23.7 Å². The van der Waals surface area contributed by atoms with Gasteiger partial charge in [-0.05, 0) is 19.1 Å². The summed E-state index contributed by atoms with van der Waals surface area (Å²) in [6, 6.07) is 8.23. The van der Waals surface area contributed by atoms with Crippen molar-refractivity contribution in [2.75, 3.05) is 11.6 Å². The lowest BCUT2D eigenvalue weighted by Crippen LogP contribution is -2.20. The van der Waals surface area contributed by atoms with Crippen LogP contribution in [0.3, 0.4) is 0 Å². The van der Waals surface area contributed by atoms with Crippen LogP contribution in [0.1, 0.15) is 12.5 Å². The molecule has 0 saturated carbocycles. The summed E-state index contributed by atoms with van der Waals surface area (Å²) < 4.78 is 5.05. The molecule has 1 atom stereocenters. The van der Waals surface area contributed by atoms with Crippen molar-refractivity contribution in [1.82, 2.24) is 0 Å². The van der Waals surface area contributed by atoms with E-state index in [9.17, 15) is 4.79 Å². The van der Waals surface area contributed by atoms with Crippen LogP contribution in [0.25, 0.3) is 0 Å². The lowest BCUT2D eigenvalue weighted by Gasteiger charge is -2.13. The molecule has 0 aromatic heterocycles. The highest BCUT2D eigenvalue weighted by Gasteiger charge is 2.10. The second kappa shape index (κ2) is 6.81. The van der Waals surface area contributed by atoms with Gasteiger partial charge in [0, 0.05) is 17.6 Å². The summed E-state index contributed by atoms with van der Waals surface area (Å²) >= 11 is 7.35. The Morgan fingerprint density at radius 2 is 2.06 bits per heavy atom. The Hall–Kier alpha value is -0.670. The number of ether oxygens (including phenoxy) is 1. The van der Waals surface area contributed by atoms with Gasteiger partial charge in [0.15, 0.2) is 0 Å². The molecule has 0 aliphatic heterocycles. The molecule has 0 amide bonds. The van der Waals surface area contributed by atoms with Crippen molar-refractivity contribution in [3.05, 3.63) is 29.8 Å². The van der Waals surface area contributed by atoms with Crippen molar-refractivity contribution in [1.29, 1.82) is 0 Å². The van der Waals surface area contributed by atoms with E-state index in [0.717, 1.165) is 4.90 Å². The summed E-state index contributed by atoms with van der Waals surface area (Å²) in [4.78, 5) is 11.9. The molecular weight excluding hydrogens is 244 g/mol. The van der Waals surface area contributed by atoms with Gasteiger partial charge in [-0.25, -0.2) is 0 Å². The molecule has 0 aliphatic rings. The third kappa shape index (κ3) is 4.90. The Bertz CT molecular complexity index is 337. The van der Waals surface area contributed by atoms with Crippen molar-refractivity contribution in [3.63, 3.8) is 0 Å². The maximum atomic E-state index is 10.8. The van der Waals surface area contributed by atoms with Crippen molar-refractivity contribution in [3.8, 4) is 0 Å². The van der Waals surface area contributed by atoms with Crippen molar-refractivity contribution < 1.29 is 9.53 Å². The molecule has 16 heavy (non-hydrogen) atoms. The Balaban J connectivity index is 2.43. The molecule has 0 unspecified atom stereocenters. The van der Waals surface area contributed by atoms with Gasteiger partial charge in [0.2, 0.25) is 0 Å². The number of esters is 1. The fourth-order valence-electron chi connectivity index (χ4n) is 1.17. The standard InChI is InChI=1S/C12H15ClO2S/c1-9-3-5-12(6-4-9)16-8-11(7-13)15-10(2)14/h3-6,11H,7-8H2,1-2H3/t11-/m1/s1. The van der Waals surface area contributed by atoms with E-state index in [1.807, 2.05) is 0 Å². The predicted octanol–water partition coefficient (Wildman–Crippen LogP) is 3.26. The van der Waals surface area contributed by atoms with E-state index in [4.69, 9.17) is 16.3 Å². The first-order valence-electron chi connectivity index (χ1n) is 5.04. The Morgan fingerprint density at radius 3 is 2.56 bits per heavy atom. The molecule has 0 bridgehead atoms. The highest BCUT2D eigenvalue weighted by molar-refractivity contribution is 7.99. The molecule has 1 aromatic carbocycles. The number of aryl methyl sites for hydroxylation is 1. The molecule has 4 heteroatoms. The Morgan fingerprint density at radius 1 is 1.44 bits per heavy atom. The number of benzene rings is 1. The Kier molecular flexibility index (Phi) is 5.71. The van der Waals surface area contributed by atoms with Crippen LogP contribution in [0.4, 0.5) is 0 Å². The van der Waals surface area contributed by atoms with Gasteiger partial charge in [0.05, 0.1) is 5.88 Å². The highest BCUT2D eigenvalue weighted by atomic mass is 35.5. The van der Waals surface area contributed by atoms with Crippen LogP contribution in [0, 0.1) is 6.92 Å². The second-order valence-corrected chi connectivity index (χ2v) is 4.91. The molecule has 0 fully saturated rings. The lowest BCUT2D eigenvalue weighted by atomic mass is 10.2.